The molecule has 0 heterocycles. The molecule has 2 heteroatoms. The fraction of sp³-hybridized carbons (Fsp3) is 0.471. The molecule has 0 N–H and O–H groups in total. The summed E-state index contributed by atoms with van der Waals surface area (Å²) in [6.45, 7) is 25.6. The second-order valence-electron chi connectivity index (χ2n) is 12.5. The molecule has 3 rings (SSSR count). The van der Waals surface area contributed by atoms with Gasteiger partial charge in [-0.3, -0.25) is 0 Å². The Bertz CT molecular complexity index is 1070. The summed E-state index contributed by atoms with van der Waals surface area (Å²) in [5.41, 5.74) is 12.8. The summed E-state index contributed by atoms with van der Waals surface area (Å²) in [5.74, 6) is 1.79. The summed E-state index contributed by atoms with van der Waals surface area (Å²) in [5, 5.41) is 0. The van der Waals surface area contributed by atoms with Gasteiger partial charge in [0.2, 0.25) is 0 Å². The quantitative estimate of drug-likeness (QED) is 0.235. The van der Waals surface area contributed by atoms with Crippen LogP contribution in [-0.4, -0.2) is 20.0 Å². The molecule has 0 aliphatic heterocycles. The van der Waals surface area contributed by atoms with Crippen LogP contribution in [0.1, 0.15) is 128 Å². The van der Waals surface area contributed by atoms with Gasteiger partial charge < -0.3 is 0 Å². The second-order valence-corrected chi connectivity index (χ2v) is 15.8. The topological polar surface area (TPSA) is 0 Å². The molecule has 3 aromatic carbocycles. The van der Waals surface area contributed by atoms with Crippen LogP contribution in [0.2, 0.25) is 0 Å². The summed E-state index contributed by atoms with van der Waals surface area (Å²) in [6.07, 6.45) is 0. The van der Waals surface area contributed by atoms with Gasteiger partial charge in [0.25, 0.3) is 0 Å². The number of rotatable bonds is 7. The summed E-state index contributed by atoms with van der Waals surface area (Å²) in [4.78, 5) is 0. The van der Waals surface area contributed by atoms with Gasteiger partial charge in [-0.15, -0.1) is 0 Å². The molecule has 192 valence electrons. The molecule has 0 fully saturated rings. The monoisotopic (exact) mass is 608 g/mol. The van der Waals surface area contributed by atoms with E-state index in [0.717, 1.165) is 0 Å². The molecule has 0 saturated heterocycles. The first-order valence-corrected chi connectivity index (χ1v) is 18.6. The van der Waals surface area contributed by atoms with Crippen LogP contribution in [0.15, 0.2) is 48.5 Å². The number of hydrogen-bond donors (Lipinski definition) is 0. The van der Waals surface area contributed by atoms with Gasteiger partial charge in [0.05, 0.1) is 0 Å². The summed E-state index contributed by atoms with van der Waals surface area (Å²) in [7, 11) is 7.10. The average molecular weight is 608 g/mol. The van der Waals surface area contributed by atoms with Gasteiger partial charge in [0.15, 0.2) is 0 Å². The summed E-state index contributed by atoms with van der Waals surface area (Å²) >= 11 is -1.34. The van der Waals surface area contributed by atoms with Crippen LogP contribution in [0.3, 0.4) is 0 Å². The third-order valence-corrected chi connectivity index (χ3v) is 10.7. The molecule has 0 amide bonds. The zero-order chi connectivity index (χ0) is 26.9. The van der Waals surface area contributed by atoms with Gasteiger partial charge in [0, 0.05) is 0 Å². The normalized spacial score (nSPS) is 12.4. The molecule has 0 saturated carbocycles. The Balaban J connectivity index is 2.60. The van der Waals surface area contributed by atoms with Crippen LogP contribution in [0.25, 0.3) is 22.3 Å². The van der Waals surface area contributed by atoms with Gasteiger partial charge in [0.1, 0.15) is 0 Å². The van der Waals surface area contributed by atoms with Crippen molar-refractivity contribution in [3.8, 4) is 22.3 Å². The van der Waals surface area contributed by atoms with Crippen molar-refractivity contribution in [2.75, 3.05) is 0 Å². The van der Waals surface area contributed by atoms with E-state index in [1.54, 1.807) is 0 Å². The average Bonchev–Trinajstić information content (AvgIpc) is 2.81. The number of benzene rings is 3. The Morgan fingerprint density at radius 2 is 0.889 bits per heavy atom. The fourth-order valence-electron chi connectivity index (χ4n) is 5.30. The zero-order valence-electron chi connectivity index (χ0n) is 24.3. The molecule has 0 spiro atoms. The Kier molecular flexibility index (Phi) is 9.48. The first kappa shape index (κ1) is 29.3. The first-order valence-electron chi connectivity index (χ1n) is 13.6. The Hall–Kier alpha value is -1.25. The van der Waals surface area contributed by atoms with Crippen LogP contribution in [0.4, 0.5) is 0 Å². The predicted octanol–water partition coefficient (Wildman–Crippen LogP) is 10.3. The van der Waals surface area contributed by atoms with Crippen LogP contribution >= 0.6 is 8.92 Å². The van der Waals surface area contributed by atoms with Crippen molar-refractivity contribution in [3.05, 3.63) is 76.3 Å². The molecule has 0 aliphatic rings. The van der Waals surface area contributed by atoms with E-state index in [0.29, 0.717) is 23.7 Å². The standard InChI is InChI=1S/C34H45.ClH.Sn/c1-21(2)28-14-12-15-29(22(3)4)32(28)25-18-26(20-27(19-25)34(9,10)11)33-30(23(5)6)16-13-17-31(33)24(7)8;;/h12-17,19-24H,1-11H3;1H;/q;;+1/p-1. The van der Waals surface area contributed by atoms with Gasteiger partial charge in [-0.25, -0.2) is 0 Å². The van der Waals surface area contributed by atoms with Crippen LogP contribution in [0.5, 0.6) is 0 Å². The zero-order valence-corrected chi connectivity index (χ0v) is 27.9. The summed E-state index contributed by atoms with van der Waals surface area (Å²) in [6, 6.07) is 18.8. The van der Waals surface area contributed by atoms with Crippen molar-refractivity contribution in [1.29, 1.82) is 0 Å². The SMILES string of the molecule is CC(C)c1cccc(C(C)C)c1-c1cc(C(C)(C)C)cc(-c2c(C(C)C)cccc2C(C)C)[c]1[Sn][Cl]. The van der Waals surface area contributed by atoms with Crippen LogP contribution in [0, 0.1) is 0 Å². The maximum atomic E-state index is 7.10. The Morgan fingerprint density at radius 3 is 1.11 bits per heavy atom. The van der Waals surface area contributed by atoms with Gasteiger partial charge in [-0.2, -0.15) is 0 Å². The van der Waals surface area contributed by atoms with Crippen molar-refractivity contribution in [1.82, 2.24) is 0 Å². The molecule has 0 aromatic heterocycles. The number of halogens is 1. The van der Waals surface area contributed by atoms with E-state index in [1.807, 2.05) is 0 Å². The van der Waals surface area contributed by atoms with E-state index in [9.17, 15) is 0 Å². The first-order chi connectivity index (χ1) is 16.8. The van der Waals surface area contributed by atoms with Gasteiger partial charge in [-0.05, 0) is 0 Å². The third kappa shape index (κ3) is 5.91. The molecule has 3 aromatic rings. The second kappa shape index (κ2) is 11.6. The van der Waals surface area contributed by atoms with E-state index in [4.69, 9.17) is 8.92 Å². The molecule has 2 radical (unpaired) electrons. The molecule has 0 atom stereocenters. The number of hydrogen-bond acceptors (Lipinski definition) is 0. The van der Waals surface area contributed by atoms with Crippen LogP contribution < -0.4 is 3.58 Å². The molecular formula is C34H45ClSn. The van der Waals surface area contributed by atoms with E-state index in [1.165, 1.54) is 53.7 Å². The minimum absolute atomic E-state index is 0.0366. The molecule has 36 heavy (non-hydrogen) atoms. The molecule has 0 bridgehead atoms. The Morgan fingerprint density at radius 1 is 0.583 bits per heavy atom. The molecule has 0 nitrogen and oxygen atoms in total. The van der Waals surface area contributed by atoms with Crippen molar-refractivity contribution < 1.29 is 0 Å². The van der Waals surface area contributed by atoms with Gasteiger partial charge in [-0.1, -0.05) is 0 Å². The minimum atomic E-state index is -1.34. The Labute approximate surface area is 235 Å². The molecular weight excluding hydrogens is 563 g/mol. The third-order valence-electron chi connectivity index (χ3n) is 7.38. The van der Waals surface area contributed by atoms with E-state index in [-0.39, 0.29) is 5.41 Å². The molecule has 0 aliphatic carbocycles. The van der Waals surface area contributed by atoms with E-state index >= 15 is 0 Å². The van der Waals surface area contributed by atoms with Gasteiger partial charge >= 0.3 is 236 Å². The predicted molar refractivity (Wildman–Crippen MR) is 164 cm³/mol. The van der Waals surface area contributed by atoms with Crippen molar-refractivity contribution in [2.24, 2.45) is 0 Å². The van der Waals surface area contributed by atoms with E-state index in [2.05, 4.69) is 125 Å². The van der Waals surface area contributed by atoms with Crippen molar-refractivity contribution >= 4 is 32.5 Å². The van der Waals surface area contributed by atoms with Crippen molar-refractivity contribution in [3.63, 3.8) is 0 Å². The maximum absolute atomic E-state index is 7.10. The van der Waals surface area contributed by atoms with Crippen LogP contribution in [-0.2, 0) is 5.41 Å². The van der Waals surface area contributed by atoms with E-state index < -0.39 is 20.0 Å². The summed E-state index contributed by atoms with van der Waals surface area (Å²) < 4.78 is 1.43. The fourth-order valence-corrected chi connectivity index (χ4v) is 8.37. The van der Waals surface area contributed by atoms with Crippen molar-refractivity contribution in [2.45, 2.75) is 105 Å². The molecule has 0 unspecified atom stereocenters.